The van der Waals surface area contributed by atoms with E-state index in [1.54, 1.807) is 49.4 Å². The molecule has 0 unspecified atom stereocenters. The number of allylic oxidation sites excluding steroid dienone is 1. The molecule has 0 aliphatic rings. The Kier molecular flexibility index (Phi) is 8.88. The van der Waals surface area contributed by atoms with Crippen LogP contribution < -0.4 is 24.1 Å². The van der Waals surface area contributed by atoms with E-state index in [0.29, 0.717) is 40.6 Å². The molecular formula is C33H30N4O6S. The number of hydrogen-bond donors (Lipinski definition) is 1. The second-order valence-corrected chi connectivity index (χ2v) is 11.2. The Morgan fingerprint density at radius 1 is 0.886 bits per heavy atom. The number of nitrogens with zero attached hydrogens (tertiary/aromatic N) is 3. The molecule has 11 heteroatoms. The van der Waals surface area contributed by atoms with Gasteiger partial charge in [0.15, 0.2) is 22.3 Å². The van der Waals surface area contributed by atoms with E-state index in [9.17, 15) is 8.42 Å². The van der Waals surface area contributed by atoms with Crippen LogP contribution in [0.4, 0.5) is 0 Å². The number of ether oxygens (including phenoxy) is 4. The van der Waals surface area contributed by atoms with Crippen molar-refractivity contribution in [1.29, 1.82) is 0 Å². The maximum Gasteiger partial charge on any atom is 0.261 e. The Morgan fingerprint density at radius 3 is 2.30 bits per heavy atom. The van der Waals surface area contributed by atoms with E-state index in [-0.39, 0.29) is 28.7 Å². The topological polar surface area (TPSA) is 136 Å². The zero-order chi connectivity index (χ0) is 31.3. The van der Waals surface area contributed by atoms with Crippen LogP contribution in [-0.2, 0) is 16.6 Å². The summed E-state index contributed by atoms with van der Waals surface area (Å²) in [6.07, 6.45) is 1.39. The van der Waals surface area contributed by atoms with Crippen molar-refractivity contribution in [2.75, 3.05) is 14.2 Å². The van der Waals surface area contributed by atoms with E-state index in [1.807, 2.05) is 42.5 Å². The van der Waals surface area contributed by atoms with Gasteiger partial charge in [0.2, 0.25) is 5.75 Å². The van der Waals surface area contributed by atoms with Crippen molar-refractivity contribution in [3.8, 4) is 51.5 Å². The molecule has 0 fully saturated rings. The van der Waals surface area contributed by atoms with Crippen LogP contribution in [0, 0.1) is 0 Å². The Hall–Kier alpha value is -5.26. The zero-order valence-electron chi connectivity index (χ0n) is 24.4. The number of pyridine rings is 1. The predicted octanol–water partition coefficient (Wildman–Crippen LogP) is 6.27. The highest BCUT2D eigenvalue weighted by atomic mass is 32.2. The number of methoxy groups -OCH3 is 2. The van der Waals surface area contributed by atoms with E-state index in [1.165, 1.54) is 20.4 Å². The summed E-state index contributed by atoms with van der Waals surface area (Å²) in [4.78, 5) is 13.6. The smallest absolute Gasteiger partial charge is 0.261 e. The van der Waals surface area contributed by atoms with Crippen LogP contribution in [0.25, 0.3) is 28.2 Å². The molecule has 0 atom stereocenters. The Balaban J connectivity index is 1.71. The maximum atomic E-state index is 12.8. The van der Waals surface area contributed by atoms with Crippen molar-refractivity contribution >= 4 is 15.6 Å². The van der Waals surface area contributed by atoms with E-state index in [0.717, 1.165) is 5.56 Å². The third-order valence-corrected chi connectivity index (χ3v) is 7.38. The van der Waals surface area contributed by atoms with Crippen molar-refractivity contribution in [1.82, 2.24) is 15.0 Å². The monoisotopic (exact) mass is 610 g/mol. The lowest BCUT2D eigenvalue weighted by Gasteiger charge is -2.18. The highest BCUT2D eigenvalue weighted by molar-refractivity contribution is 7.89. The fraction of sp³-hybridized carbons (Fsp3) is 0.121. The molecule has 224 valence electrons. The first-order valence-corrected chi connectivity index (χ1v) is 15.0. The lowest BCUT2D eigenvalue weighted by molar-refractivity contribution is 0.306. The normalized spacial score (nSPS) is 11.1. The summed E-state index contributed by atoms with van der Waals surface area (Å²) in [5.41, 5.74) is 2.98. The van der Waals surface area contributed by atoms with Crippen LogP contribution >= 0.6 is 0 Å². The van der Waals surface area contributed by atoms with Gasteiger partial charge in [-0.3, -0.25) is 0 Å². The number of hydrogen-bond acceptors (Lipinski definition) is 9. The predicted molar refractivity (Wildman–Crippen MR) is 167 cm³/mol. The van der Waals surface area contributed by atoms with Crippen LogP contribution in [0.15, 0.2) is 103 Å². The van der Waals surface area contributed by atoms with Crippen molar-refractivity contribution in [2.24, 2.45) is 5.14 Å². The third-order valence-electron chi connectivity index (χ3n) is 6.52. The van der Waals surface area contributed by atoms with Gasteiger partial charge in [0.25, 0.3) is 15.9 Å². The van der Waals surface area contributed by atoms with Gasteiger partial charge >= 0.3 is 0 Å². The molecule has 10 nitrogen and oxygen atoms in total. The van der Waals surface area contributed by atoms with Gasteiger partial charge in [-0.1, -0.05) is 61.2 Å². The number of para-hydroxylation sites is 2. The number of nitrogens with two attached hydrogens (primary N) is 1. The van der Waals surface area contributed by atoms with Crippen molar-refractivity contribution in [2.45, 2.75) is 18.6 Å². The number of aromatic nitrogens is 3. The van der Waals surface area contributed by atoms with Crippen LogP contribution in [0.5, 0.6) is 28.9 Å². The minimum absolute atomic E-state index is 0.0304. The van der Waals surface area contributed by atoms with E-state index in [2.05, 4.69) is 16.5 Å². The largest absolute Gasteiger partial charge is 0.493 e. The molecule has 0 radical (unpaired) electrons. The average Bonchev–Trinajstić information content (AvgIpc) is 3.04. The van der Waals surface area contributed by atoms with Gasteiger partial charge < -0.3 is 18.9 Å². The summed E-state index contributed by atoms with van der Waals surface area (Å²) in [7, 11) is -1.38. The first-order valence-electron chi connectivity index (χ1n) is 13.4. The SMILES string of the molecule is C=C(C)c1cnc(S(N)(=O)=O)c(-c2nc(-c3cccc(OCc4ccccc4)c3)nc(OC)c2Oc2ccccc2OC)c1. The molecule has 2 aromatic heterocycles. The lowest BCUT2D eigenvalue weighted by atomic mass is 10.1. The molecule has 0 aliphatic heterocycles. The third kappa shape index (κ3) is 6.69. The Labute approximate surface area is 255 Å². The van der Waals surface area contributed by atoms with E-state index >= 15 is 0 Å². The van der Waals surface area contributed by atoms with Gasteiger partial charge in [0.05, 0.1) is 14.2 Å². The van der Waals surface area contributed by atoms with Gasteiger partial charge in [0.1, 0.15) is 18.1 Å². The van der Waals surface area contributed by atoms with E-state index < -0.39 is 15.0 Å². The molecule has 5 rings (SSSR count). The van der Waals surface area contributed by atoms with E-state index in [4.69, 9.17) is 29.1 Å². The summed E-state index contributed by atoms with van der Waals surface area (Å²) < 4.78 is 49.0. The van der Waals surface area contributed by atoms with Crippen molar-refractivity contribution in [3.63, 3.8) is 0 Å². The minimum Gasteiger partial charge on any atom is -0.493 e. The van der Waals surface area contributed by atoms with Gasteiger partial charge in [0, 0.05) is 17.3 Å². The summed E-state index contributed by atoms with van der Waals surface area (Å²) in [6, 6.07) is 25.5. The number of sulfonamides is 1. The molecule has 44 heavy (non-hydrogen) atoms. The molecule has 0 saturated heterocycles. The summed E-state index contributed by atoms with van der Waals surface area (Å²) in [6.45, 7) is 6.11. The molecular weight excluding hydrogens is 580 g/mol. The Bertz CT molecular complexity index is 1930. The molecule has 2 N–H and O–H groups in total. The summed E-state index contributed by atoms with van der Waals surface area (Å²) in [5.74, 6) is 1.61. The van der Waals surface area contributed by atoms with Crippen molar-refractivity contribution < 1.29 is 27.4 Å². The molecule has 0 amide bonds. The molecule has 0 bridgehead atoms. The molecule has 3 aromatic carbocycles. The summed E-state index contributed by atoms with van der Waals surface area (Å²) in [5, 5.41) is 5.22. The second kappa shape index (κ2) is 12.9. The van der Waals surface area contributed by atoms with Gasteiger partial charge in [-0.15, -0.1) is 0 Å². The summed E-state index contributed by atoms with van der Waals surface area (Å²) >= 11 is 0. The van der Waals surface area contributed by atoms with Crippen LogP contribution in [0.2, 0.25) is 0 Å². The maximum absolute atomic E-state index is 12.8. The second-order valence-electron chi connectivity index (χ2n) is 9.69. The van der Waals surface area contributed by atoms with Gasteiger partial charge in [-0.2, -0.15) is 4.98 Å². The average molecular weight is 611 g/mol. The molecule has 5 aromatic rings. The standard InChI is InChI=1S/C33H30N4O6S/c1-21(2)24-18-26(33(35-19-24)44(34,38)39)29-30(43-28-16-9-8-15-27(28)40-3)32(41-4)37-31(36-29)23-13-10-14-25(17-23)42-20-22-11-6-5-7-12-22/h5-19H,1,20H2,2-4H3,(H2,34,38,39). The quantitative estimate of drug-likeness (QED) is 0.183. The minimum atomic E-state index is -4.31. The first kappa shape index (κ1) is 30.2. The van der Waals surface area contributed by atoms with Gasteiger partial charge in [-0.05, 0) is 54.0 Å². The fourth-order valence-corrected chi connectivity index (χ4v) is 4.99. The number of rotatable bonds is 11. The van der Waals surface area contributed by atoms with Crippen molar-refractivity contribution in [3.05, 3.63) is 109 Å². The van der Waals surface area contributed by atoms with Crippen LogP contribution in [-0.4, -0.2) is 37.6 Å². The number of primary sulfonamides is 1. The van der Waals surface area contributed by atoms with Gasteiger partial charge in [-0.25, -0.2) is 23.5 Å². The molecule has 0 aliphatic carbocycles. The fourth-order valence-electron chi connectivity index (χ4n) is 4.33. The van der Waals surface area contributed by atoms with Crippen LogP contribution in [0.1, 0.15) is 18.1 Å². The highest BCUT2D eigenvalue weighted by Gasteiger charge is 2.27. The molecule has 0 spiro atoms. The number of benzene rings is 3. The van der Waals surface area contributed by atoms with Crippen LogP contribution in [0.3, 0.4) is 0 Å². The molecule has 2 heterocycles. The first-order chi connectivity index (χ1) is 21.2. The Morgan fingerprint density at radius 2 is 1.61 bits per heavy atom. The molecule has 0 saturated carbocycles. The zero-order valence-corrected chi connectivity index (χ0v) is 25.2. The highest BCUT2D eigenvalue weighted by Crippen LogP contribution is 2.44. The lowest BCUT2D eigenvalue weighted by Crippen LogP contribution is -2.16.